The lowest BCUT2D eigenvalue weighted by Gasteiger charge is -2.43. The molecule has 2 rings (SSSR count). The molecule has 2 fully saturated rings. The SMILES string of the molecule is CC(CC1CCN(C(C)(C)C)C1)N1CC(F)(F)C1. The Morgan fingerprint density at radius 2 is 1.89 bits per heavy atom. The number of halogens is 2. The van der Waals surface area contributed by atoms with Crippen molar-refractivity contribution in [2.75, 3.05) is 26.2 Å². The molecule has 4 heteroatoms. The van der Waals surface area contributed by atoms with Crippen LogP contribution >= 0.6 is 0 Å². The zero-order valence-corrected chi connectivity index (χ0v) is 12.0. The van der Waals surface area contributed by atoms with Gasteiger partial charge in [-0.3, -0.25) is 9.80 Å². The molecule has 2 atom stereocenters. The Bertz CT molecular complexity index is 291. The first-order chi connectivity index (χ1) is 8.17. The molecule has 0 aromatic heterocycles. The van der Waals surface area contributed by atoms with Crippen molar-refractivity contribution >= 4 is 0 Å². The Kier molecular flexibility index (Phi) is 3.72. The molecule has 0 aromatic carbocycles. The van der Waals surface area contributed by atoms with Crippen molar-refractivity contribution in [2.45, 2.75) is 58.0 Å². The number of rotatable bonds is 3. The molecule has 0 aromatic rings. The average molecular weight is 260 g/mol. The van der Waals surface area contributed by atoms with Crippen LogP contribution in [0.2, 0.25) is 0 Å². The Labute approximate surface area is 109 Å². The monoisotopic (exact) mass is 260 g/mol. The first kappa shape index (κ1) is 14.2. The summed E-state index contributed by atoms with van der Waals surface area (Å²) in [6.45, 7) is 11.0. The molecule has 0 amide bonds. The maximum absolute atomic E-state index is 12.8. The molecular weight excluding hydrogens is 234 g/mol. The molecule has 0 aliphatic carbocycles. The first-order valence-corrected chi connectivity index (χ1v) is 7.04. The van der Waals surface area contributed by atoms with Crippen LogP contribution in [-0.2, 0) is 0 Å². The van der Waals surface area contributed by atoms with E-state index < -0.39 is 5.92 Å². The Morgan fingerprint density at radius 3 is 2.33 bits per heavy atom. The minimum atomic E-state index is -2.43. The number of hydrogen-bond acceptors (Lipinski definition) is 2. The van der Waals surface area contributed by atoms with Gasteiger partial charge in [0.25, 0.3) is 5.92 Å². The van der Waals surface area contributed by atoms with Gasteiger partial charge in [-0.1, -0.05) is 0 Å². The van der Waals surface area contributed by atoms with Crippen LogP contribution < -0.4 is 0 Å². The number of hydrogen-bond donors (Lipinski definition) is 0. The van der Waals surface area contributed by atoms with E-state index in [1.807, 2.05) is 4.90 Å². The summed E-state index contributed by atoms with van der Waals surface area (Å²) in [6, 6.07) is 0.301. The second-order valence-electron chi connectivity index (χ2n) is 7.12. The van der Waals surface area contributed by atoms with Crippen molar-refractivity contribution in [1.82, 2.24) is 9.80 Å². The molecule has 2 heterocycles. The Morgan fingerprint density at radius 1 is 1.28 bits per heavy atom. The highest BCUT2D eigenvalue weighted by molar-refractivity contribution is 4.92. The molecule has 0 N–H and O–H groups in total. The van der Waals surface area contributed by atoms with E-state index in [0.29, 0.717) is 12.0 Å². The zero-order chi connectivity index (χ0) is 13.6. The molecule has 106 valence electrons. The van der Waals surface area contributed by atoms with E-state index in [9.17, 15) is 8.78 Å². The van der Waals surface area contributed by atoms with E-state index in [4.69, 9.17) is 0 Å². The standard InChI is InChI=1S/C14H26F2N2/c1-11(17-9-14(15,16)10-17)7-12-5-6-18(8-12)13(2,3)4/h11-12H,5-10H2,1-4H3. The maximum atomic E-state index is 12.8. The predicted octanol–water partition coefficient (Wildman–Crippen LogP) is 2.84. The molecule has 0 spiro atoms. The Hall–Kier alpha value is -0.220. The normalized spacial score (nSPS) is 31.3. The molecule has 18 heavy (non-hydrogen) atoms. The lowest BCUT2D eigenvalue weighted by Crippen LogP contribution is -2.59. The first-order valence-electron chi connectivity index (χ1n) is 7.04. The summed E-state index contributed by atoms with van der Waals surface area (Å²) in [7, 11) is 0. The molecule has 2 nitrogen and oxygen atoms in total. The van der Waals surface area contributed by atoms with E-state index in [1.54, 1.807) is 0 Å². The number of likely N-dealkylation sites (tertiary alicyclic amines) is 2. The van der Waals surface area contributed by atoms with Crippen LogP contribution in [0.25, 0.3) is 0 Å². The fourth-order valence-electron chi connectivity index (χ4n) is 3.13. The summed E-state index contributed by atoms with van der Waals surface area (Å²) in [5.41, 5.74) is 0.238. The highest BCUT2D eigenvalue weighted by Gasteiger charge is 2.46. The summed E-state index contributed by atoms with van der Waals surface area (Å²) in [5, 5.41) is 0. The van der Waals surface area contributed by atoms with E-state index in [-0.39, 0.29) is 18.6 Å². The van der Waals surface area contributed by atoms with Gasteiger partial charge in [0, 0.05) is 18.1 Å². The molecular formula is C14H26F2N2. The van der Waals surface area contributed by atoms with Gasteiger partial charge in [0.2, 0.25) is 0 Å². The average Bonchev–Trinajstić information content (AvgIpc) is 2.61. The minimum Gasteiger partial charge on any atom is -0.298 e. The van der Waals surface area contributed by atoms with Gasteiger partial charge in [-0.15, -0.1) is 0 Å². The summed E-state index contributed by atoms with van der Waals surface area (Å²) in [5.74, 6) is -1.75. The van der Waals surface area contributed by atoms with Crippen LogP contribution in [-0.4, -0.2) is 53.5 Å². The number of alkyl halides is 2. The quantitative estimate of drug-likeness (QED) is 0.770. The van der Waals surface area contributed by atoms with Gasteiger partial charge in [0.1, 0.15) is 0 Å². The van der Waals surface area contributed by atoms with Crippen molar-refractivity contribution in [2.24, 2.45) is 5.92 Å². The van der Waals surface area contributed by atoms with Crippen LogP contribution in [0, 0.1) is 5.92 Å². The topological polar surface area (TPSA) is 6.48 Å². The van der Waals surface area contributed by atoms with Gasteiger partial charge in [-0.2, -0.15) is 0 Å². The van der Waals surface area contributed by atoms with Gasteiger partial charge in [-0.25, -0.2) is 8.78 Å². The van der Waals surface area contributed by atoms with E-state index in [2.05, 4.69) is 32.6 Å². The van der Waals surface area contributed by atoms with Crippen LogP contribution in [0.5, 0.6) is 0 Å². The van der Waals surface area contributed by atoms with E-state index >= 15 is 0 Å². The van der Waals surface area contributed by atoms with E-state index in [1.165, 1.54) is 6.42 Å². The van der Waals surface area contributed by atoms with Gasteiger partial charge < -0.3 is 0 Å². The van der Waals surface area contributed by atoms with Crippen molar-refractivity contribution in [1.29, 1.82) is 0 Å². The molecule has 0 radical (unpaired) electrons. The highest BCUT2D eigenvalue weighted by Crippen LogP contribution is 2.33. The fraction of sp³-hybridized carbons (Fsp3) is 1.00. The van der Waals surface area contributed by atoms with E-state index in [0.717, 1.165) is 19.5 Å². The zero-order valence-electron chi connectivity index (χ0n) is 12.0. The van der Waals surface area contributed by atoms with Gasteiger partial charge in [0.05, 0.1) is 13.1 Å². The van der Waals surface area contributed by atoms with Crippen molar-refractivity contribution in [3.63, 3.8) is 0 Å². The molecule has 2 unspecified atom stereocenters. The lowest BCUT2D eigenvalue weighted by atomic mass is 9.96. The van der Waals surface area contributed by atoms with Crippen molar-refractivity contribution in [3.8, 4) is 0 Å². The lowest BCUT2D eigenvalue weighted by molar-refractivity contribution is -0.145. The summed E-state index contributed by atoms with van der Waals surface area (Å²) in [4.78, 5) is 4.43. The van der Waals surface area contributed by atoms with Crippen LogP contribution in [0.3, 0.4) is 0 Å². The second kappa shape index (κ2) is 4.71. The third kappa shape index (κ3) is 3.21. The van der Waals surface area contributed by atoms with Gasteiger partial charge >= 0.3 is 0 Å². The molecule has 2 saturated heterocycles. The molecule has 0 bridgehead atoms. The number of nitrogens with zero attached hydrogens (tertiary/aromatic N) is 2. The van der Waals surface area contributed by atoms with Crippen LogP contribution in [0.15, 0.2) is 0 Å². The van der Waals surface area contributed by atoms with Crippen molar-refractivity contribution < 1.29 is 8.78 Å². The van der Waals surface area contributed by atoms with Gasteiger partial charge in [-0.05, 0) is 53.0 Å². The molecule has 0 saturated carbocycles. The van der Waals surface area contributed by atoms with Crippen LogP contribution in [0.1, 0.15) is 40.5 Å². The third-order valence-electron chi connectivity index (χ3n) is 4.40. The van der Waals surface area contributed by atoms with Crippen LogP contribution in [0.4, 0.5) is 8.78 Å². The maximum Gasteiger partial charge on any atom is 0.272 e. The molecule has 2 aliphatic heterocycles. The summed E-state index contributed by atoms with van der Waals surface area (Å²) >= 11 is 0. The fourth-order valence-corrected chi connectivity index (χ4v) is 3.13. The van der Waals surface area contributed by atoms with Gasteiger partial charge in [0.15, 0.2) is 0 Å². The third-order valence-corrected chi connectivity index (χ3v) is 4.40. The van der Waals surface area contributed by atoms with Crippen molar-refractivity contribution in [3.05, 3.63) is 0 Å². The second-order valence-corrected chi connectivity index (χ2v) is 7.12. The smallest absolute Gasteiger partial charge is 0.272 e. The largest absolute Gasteiger partial charge is 0.298 e. The molecule has 2 aliphatic rings. The highest BCUT2D eigenvalue weighted by atomic mass is 19.3. The summed E-state index contributed by atoms with van der Waals surface area (Å²) < 4.78 is 25.7. The Balaban J connectivity index is 1.75. The minimum absolute atomic E-state index is 0.0378. The summed E-state index contributed by atoms with van der Waals surface area (Å²) in [6.07, 6.45) is 2.27. The predicted molar refractivity (Wildman–Crippen MR) is 70.0 cm³/mol.